The van der Waals surface area contributed by atoms with Gasteiger partial charge in [-0.2, -0.15) is 0 Å². The maximum Gasteiger partial charge on any atom is 0.319 e. The molecule has 3 amide bonds. The minimum atomic E-state index is -1.48. The number of rotatable bonds is 15. The lowest BCUT2D eigenvalue weighted by Crippen LogP contribution is -2.48. The molecule has 15 heteroatoms. The number of hydrogen-bond donors (Lipinski definition) is 7. The zero-order valence-corrected chi connectivity index (χ0v) is 34.9. The van der Waals surface area contributed by atoms with Crippen LogP contribution in [0.2, 0.25) is 0 Å². The number of ketones is 2. The molecule has 6 atom stereocenters. The molecule has 1 unspecified atom stereocenters. The van der Waals surface area contributed by atoms with Crippen LogP contribution in [0.4, 0.5) is 0 Å². The van der Waals surface area contributed by atoms with Crippen LogP contribution in [0.3, 0.4) is 0 Å². The number of carbonyl (C=O) groups excluding carboxylic acids is 5. The number of fused-ring (bicyclic) bond motifs is 8. The third-order valence-corrected chi connectivity index (χ3v) is 12.4. The highest BCUT2D eigenvalue weighted by atomic mass is 16.4. The van der Waals surface area contributed by atoms with Crippen molar-refractivity contribution in [2.45, 2.75) is 135 Å². The van der Waals surface area contributed by atoms with Crippen molar-refractivity contribution >= 4 is 57.3 Å². The second-order valence-electron chi connectivity index (χ2n) is 16.2. The number of nitrogens with two attached hydrogens (primary N) is 1. The van der Waals surface area contributed by atoms with Gasteiger partial charge in [0.25, 0.3) is 5.91 Å². The van der Waals surface area contributed by atoms with Gasteiger partial charge in [0.15, 0.2) is 11.6 Å². The summed E-state index contributed by atoms with van der Waals surface area (Å²) in [6.07, 6.45) is 3.62. The van der Waals surface area contributed by atoms with Gasteiger partial charge in [0.2, 0.25) is 11.8 Å². The number of H-pyrrole nitrogens is 2. The number of Topliss-reactive ketones (excluding diaryl/α,β-unsaturated/α-hetero) is 2. The fourth-order valence-corrected chi connectivity index (χ4v) is 9.16. The van der Waals surface area contributed by atoms with Gasteiger partial charge in [-0.3, -0.25) is 44.2 Å². The van der Waals surface area contributed by atoms with Crippen LogP contribution in [-0.2, 0) is 19.2 Å². The number of hydrazine groups is 1. The second-order valence-corrected chi connectivity index (χ2v) is 16.2. The van der Waals surface area contributed by atoms with Gasteiger partial charge < -0.3 is 25.7 Å². The minimum Gasteiger partial charge on any atom is -0.480 e. The Bertz CT molecular complexity index is 2380. The number of aromatic amines is 2. The average Bonchev–Trinajstić information content (AvgIpc) is 3.93. The van der Waals surface area contributed by atoms with Crippen molar-refractivity contribution in [3.05, 3.63) is 68.8 Å². The number of hydrogen-bond acceptors (Lipinski definition) is 9. The Balaban J connectivity index is 1.38. The molecule has 6 rings (SSSR count). The third kappa shape index (κ3) is 8.30. The Morgan fingerprint density at radius 2 is 1.53 bits per heavy atom. The van der Waals surface area contributed by atoms with Gasteiger partial charge in [0.05, 0.1) is 16.7 Å². The Kier molecular flexibility index (Phi) is 12.8. The van der Waals surface area contributed by atoms with Crippen LogP contribution < -0.4 is 21.9 Å². The standard InChI is InChI=1S/C44H56N8O7/c1-8-12-35(55)49-27(43(57)52-45)13-10-11-16-46-34(54)15-14-26-21(4)29-17-30-22(5)36(24(7)53)33(48-30)19-28-20(3)25(9-2)32(47-28)18-31-23(6)37-41(51-31)38(40(26)50-29)39(42(37)56)44(58)59/h17-21,25-27,39,48,51H,8-16,45H2,1-7H3,(H,46,54)(H,49,55)(H,52,57)(H,58,59)/t20-,21+,25-,26+,27+,39?/m1/s1. The van der Waals surface area contributed by atoms with E-state index in [1.807, 2.05) is 45.9 Å². The molecule has 0 fully saturated rings. The van der Waals surface area contributed by atoms with Gasteiger partial charge in [0, 0.05) is 87.9 Å². The molecule has 0 radical (unpaired) electrons. The average molecular weight is 809 g/mol. The minimum absolute atomic E-state index is 0.0513. The Morgan fingerprint density at radius 1 is 0.864 bits per heavy atom. The molecule has 8 N–H and O–H groups in total. The number of aliphatic carboxylic acids is 1. The van der Waals surface area contributed by atoms with Crippen LogP contribution in [0.15, 0.2) is 18.2 Å². The first kappa shape index (κ1) is 42.9. The van der Waals surface area contributed by atoms with E-state index < -0.39 is 35.5 Å². The Labute approximate surface area is 343 Å². The molecule has 1 aliphatic carbocycles. The first-order chi connectivity index (χ1) is 28.1. The quantitative estimate of drug-likeness (QED) is 0.0235. The third-order valence-electron chi connectivity index (χ3n) is 12.4. The molecule has 0 aromatic carbocycles. The molecule has 0 saturated heterocycles. The van der Waals surface area contributed by atoms with Crippen LogP contribution >= 0.6 is 0 Å². The molecule has 59 heavy (non-hydrogen) atoms. The molecule has 0 spiro atoms. The van der Waals surface area contributed by atoms with E-state index in [1.54, 1.807) is 0 Å². The number of carbonyl (C=O) groups is 6. The van der Waals surface area contributed by atoms with Gasteiger partial charge in [-0.1, -0.05) is 27.7 Å². The van der Waals surface area contributed by atoms with Gasteiger partial charge in [-0.25, -0.2) is 5.84 Å². The molecule has 15 nitrogen and oxygen atoms in total. The zero-order valence-electron chi connectivity index (χ0n) is 34.9. The fraction of sp³-hybridized carbons (Fsp3) is 0.500. The van der Waals surface area contributed by atoms with Crippen LogP contribution in [0.25, 0.3) is 22.1 Å². The molecule has 314 valence electrons. The number of unbranched alkanes of at least 4 members (excludes halogenated alkanes) is 1. The lowest BCUT2D eigenvalue weighted by molar-refractivity contribution is -0.137. The van der Waals surface area contributed by atoms with E-state index in [1.165, 1.54) is 6.92 Å². The maximum absolute atomic E-state index is 14.1. The first-order valence-electron chi connectivity index (χ1n) is 20.7. The number of amides is 3. The summed E-state index contributed by atoms with van der Waals surface area (Å²) in [5, 5.41) is 16.2. The van der Waals surface area contributed by atoms with Crippen molar-refractivity contribution in [3.63, 3.8) is 0 Å². The normalized spacial score (nSPS) is 20.0. The number of nitrogens with one attached hydrogen (secondary N) is 5. The monoisotopic (exact) mass is 808 g/mol. The van der Waals surface area contributed by atoms with E-state index in [0.29, 0.717) is 101 Å². The van der Waals surface area contributed by atoms with E-state index in [0.717, 1.165) is 23.4 Å². The Hall–Kier alpha value is -5.70. The summed E-state index contributed by atoms with van der Waals surface area (Å²) < 4.78 is 0. The molecule has 0 saturated carbocycles. The van der Waals surface area contributed by atoms with E-state index in [2.05, 4.69) is 39.9 Å². The topological polar surface area (TPSA) is 242 Å². The summed E-state index contributed by atoms with van der Waals surface area (Å²) >= 11 is 0. The lowest BCUT2D eigenvalue weighted by Gasteiger charge is -2.19. The van der Waals surface area contributed by atoms with Crippen molar-refractivity contribution in [1.29, 1.82) is 0 Å². The largest absolute Gasteiger partial charge is 0.480 e. The molecular weight excluding hydrogens is 753 g/mol. The predicted octanol–water partition coefficient (Wildman–Crippen LogP) is 6.02. The SMILES string of the molecule is CCCC(=O)N[C@@H](CCCCNC(=O)CC[C@@H]1c2nc(cc3[nH]c(cc4nc(cc5[nH]c6c(c5C)C(=O)C(C(=O)O)c26)[C@H](CC)[C@H]4C)c(C(C)=O)c3C)[C@H]1C)C(=O)NN. The number of aromatic nitrogens is 4. The molecular formula is C44H56N8O7. The summed E-state index contributed by atoms with van der Waals surface area (Å²) in [7, 11) is 0. The number of carboxylic acids is 1. The van der Waals surface area contributed by atoms with E-state index in [4.69, 9.17) is 15.8 Å². The van der Waals surface area contributed by atoms with Crippen LogP contribution in [0, 0.1) is 13.8 Å². The molecule has 2 aliphatic heterocycles. The number of carboxylic acid groups (broad SMARTS) is 1. The Morgan fingerprint density at radius 3 is 2.19 bits per heavy atom. The van der Waals surface area contributed by atoms with Crippen molar-refractivity contribution in [2.24, 2.45) is 5.84 Å². The smallest absolute Gasteiger partial charge is 0.319 e. The lowest BCUT2D eigenvalue weighted by atomic mass is 9.84. The highest BCUT2D eigenvalue weighted by molar-refractivity contribution is 6.23. The summed E-state index contributed by atoms with van der Waals surface area (Å²) in [6.45, 7) is 13.6. The van der Waals surface area contributed by atoms with E-state index >= 15 is 0 Å². The predicted molar refractivity (Wildman–Crippen MR) is 223 cm³/mol. The fourth-order valence-electron chi connectivity index (χ4n) is 9.16. The summed E-state index contributed by atoms with van der Waals surface area (Å²) in [5.74, 6) is 0.438. The number of aryl methyl sites for hydroxylation is 2. The highest BCUT2D eigenvalue weighted by Gasteiger charge is 2.45. The molecule has 5 heterocycles. The summed E-state index contributed by atoms with van der Waals surface area (Å²) in [6, 6.07) is 5.02. The van der Waals surface area contributed by atoms with Gasteiger partial charge in [-0.05, 0) is 88.6 Å². The number of nitrogens with zero attached hydrogens (tertiary/aromatic N) is 2. The van der Waals surface area contributed by atoms with Crippen LogP contribution in [0.1, 0.15) is 176 Å². The van der Waals surface area contributed by atoms with Crippen molar-refractivity contribution in [1.82, 2.24) is 36.0 Å². The summed E-state index contributed by atoms with van der Waals surface area (Å²) in [4.78, 5) is 94.9. The summed E-state index contributed by atoms with van der Waals surface area (Å²) in [5.41, 5.74) is 9.84. The van der Waals surface area contributed by atoms with E-state index in [-0.39, 0.29) is 41.8 Å². The molecule has 3 aromatic heterocycles. The van der Waals surface area contributed by atoms with Crippen LogP contribution in [-0.4, -0.2) is 72.9 Å². The van der Waals surface area contributed by atoms with Gasteiger partial charge in [0.1, 0.15) is 12.0 Å². The zero-order chi connectivity index (χ0) is 42.9. The van der Waals surface area contributed by atoms with Crippen molar-refractivity contribution in [2.75, 3.05) is 6.54 Å². The highest BCUT2D eigenvalue weighted by Crippen LogP contribution is 2.48. The first-order valence-corrected chi connectivity index (χ1v) is 20.7. The van der Waals surface area contributed by atoms with E-state index in [9.17, 15) is 33.9 Å². The van der Waals surface area contributed by atoms with Crippen molar-refractivity contribution < 1.29 is 33.9 Å². The molecule has 3 aliphatic rings. The van der Waals surface area contributed by atoms with Gasteiger partial charge in [-0.15, -0.1) is 0 Å². The van der Waals surface area contributed by atoms with Gasteiger partial charge >= 0.3 is 5.97 Å². The molecule has 8 bridgehead atoms. The molecule has 3 aromatic rings. The van der Waals surface area contributed by atoms with Crippen LogP contribution in [0.5, 0.6) is 0 Å². The maximum atomic E-state index is 14.1. The van der Waals surface area contributed by atoms with Crippen molar-refractivity contribution in [3.8, 4) is 0 Å². The second kappa shape index (κ2) is 17.7.